The number of hydrogen-bond acceptors (Lipinski definition) is 4. The first-order valence-corrected chi connectivity index (χ1v) is 9.28. The van der Waals surface area contributed by atoms with Crippen molar-refractivity contribution >= 4 is 22.6 Å². The van der Waals surface area contributed by atoms with Gasteiger partial charge < -0.3 is 9.73 Å². The lowest BCUT2D eigenvalue weighted by molar-refractivity contribution is -0.116. The van der Waals surface area contributed by atoms with Gasteiger partial charge in [-0.25, -0.2) is 9.67 Å². The molecule has 0 unspecified atom stereocenters. The number of nitrogens with zero attached hydrogens (tertiary/aromatic N) is 3. The number of benzene rings is 1. The van der Waals surface area contributed by atoms with Gasteiger partial charge in [0.1, 0.15) is 12.3 Å². The van der Waals surface area contributed by atoms with Gasteiger partial charge in [-0.05, 0) is 48.7 Å². The molecule has 28 heavy (non-hydrogen) atoms. The highest BCUT2D eigenvalue weighted by atomic mass is 16.3. The largest absolute Gasteiger partial charge is 0.464 e. The highest BCUT2D eigenvalue weighted by molar-refractivity contribution is 5.95. The van der Waals surface area contributed by atoms with Crippen LogP contribution in [0.4, 0.5) is 5.69 Å². The number of nitrogens with one attached hydrogen (secondary N) is 1. The van der Waals surface area contributed by atoms with Crippen LogP contribution >= 0.6 is 0 Å². The molecule has 4 rings (SSSR count). The smallest absolute Gasteiger partial charge is 0.246 e. The lowest BCUT2D eigenvalue weighted by atomic mass is 10.0. The van der Waals surface area contributed by atoms with Crippen molar-refractivity contribution in [3.05, 3.63) is 66.2 Å². The number of carbonyl (C=O) groups is 1. The summed E-state index contributed by atoms with van der Waals surface area (Å²) in [5, 5.41) is 8.35. The molecule has 1 N–H and O–H groups in total. The van der Waals surface area contributed by atoms with Crippen LogP contribution in [0.5, 0.6) is 0 Å². The Bertz CT molecular complexity index is 1110. The molecule has 0 radical (unpaired) electrons. The summed E-state index contributed by atoms with van der Waals surface area (Å²) in [6.07, 6.45) is 3.35. The summed E-state index contributed by atoms with van der Waals surface area (Å²) in [6, 6.07) is 13.6. The molecule has 6 nitrogen and oxygen atoms in total. The summed E-state index contributed by atoms with van der Waals surface area (Å²) in [5.41, 5.74) is 4.40. The Hall–Kier alpha value is -3.41. The van der Waals surface area contributed by atoms with Crippen LogP contribution in [0.15, 0.2) is 59.3 Å². The van der Waals surface area contributed by atoms with E-state index in [9.17, 15) is 4.79 Å². The number of aromatic nitrogens is 3. The minimum absolute atomic E-state index is 0.0882. The number of fused-ring (bicyclic) bond motifs is 1. The number of hydrogen-bond donors (Lipinski definition) is 1. The molecule has 6 heteroatoms. The first-order chi connectivity index (χ1) is 13.5. The molecule has 0 fully saturated rings. The van der Waals surface area contributed by atoms with E-state index in [1.165, 1.54) is 5.56 Å². The third-order valence-electron chi connectivity index (χ3n) is 4.75. The fraction of sp³-hybridized carbons (Fsp3) is 0.227. The predicted octanol–water partition coefficient (Wildman–Crippen LogP) is 4.76. The summed E-state index contributed by atoms with van der Waals surface area (Å²) in [6.45, 7) is 6.28. The molecular formula is C22H22N4O2. The van der Waals surface area contributed by atoms with Gasteiger partial charge in [0, 0.05) is 17.4 Å². The van der Waals surface area contributed by atoms with Gasteiger partial charge in [-0.2, -0.15) is 5.10 Å². The molecule has 0 spiro atoms. The van der Waals surface area contributed by atoms with Crippen molar-refractivity contribution in [2.24, 2.45) is 0 Å². The Balaban J connectivity index is 1.58. The molecule has 0 saturated heterocycles. The zero-order chi connectivity index (χ0) is 19.7. The Morgan fingerprint density at radius 3 is 2.64 bits per heavy atom. The molecule has 3 heterocycles. The van der Waals surface area contributed by atoms with E-state index in [0.717, 1.165) is 28.1 Å². The van der Waals surface area contributed by atoms with E-state index in [4.69, 9.17) is 4.42 Å². The molecule has 142 valence electrons. The topological polar surface area (TPSA) is 73.0 Å². The van der Waals surface area contributed by atoms with Crippen LogP contribution in [-0.4, -0.2) is 20.7 Å². The SMILES string of the molecule is Cc1nn(CC(=O)Nc2ccc(C(C)C)cc2)c2nccc(-c3ccco3)c12. The molecule has 1 amide bonds. The van der Waals surface area contributed by atoms with E-state index in [0.29, 0.717) is 11.6 Å². The van der Waals surface area contributed by atoms with E-state index in [-0.39, 0.29) is 12.5 Å². The van der Waals surface area contributed by atoms with E-state index < -0.39 is 0 Å². The van der Waals surface area contributed by atoms with Crippen LogP contribution < -0.4 is 5.32 Å². The standard InChI is InChI=1S/C22H22N4O2/c1-14(2)16-6-8-17(9-7-16)24-20(27)13-26-22-21(15(3)25-26)18(10-11-23-22)19-5-4-12-28-19/h4-12,14H,13H2,1-3H3,(H,24,27). The van der Waals surface area contributed by atoms with E-state index in [1.807, 2.05) is 49.4 Å². The van der Waals surface area contributed by atoms with Crippen LogP contribution in [-0.2, 0) is 11.3 Å². The lowest BCUT2D eigenvalue weighted by Crippen LogP contribution is -2.19. The number of furan rings is 1. The van der Waals surface area contributed by atoms with Crippen molar-refractivity contribution in [2.75, 3.05) is 5.32 Å². The van der Waals surface area contributed by atoms with Crippen molar-refractivity contribution in [3.8, 4) is 11.3 Å². The van der Waals surface area contributed by atoms with Gasteiger partial charge in [-0.15, -0.1) is 0 Å². The zero-order valence-corrected chi connectivity index (χ0v) is 16.1. The number of pyridine rings is 1. The van der Waals surface area contributed by atoms with E-state index in [1.54, 1.807) is 17.1 Å². The second-order valence-corrected chi connectivity index (χ2v) is 7.10. The monoisotopic (exact) mass is 374 g/mol. The number of amides is 1. The van der Waals surface area contributed by atoms with Gasteiger partial charge in [-0.1, -0.05) is 26.0 Å². The number of rotatable bonds is 5. The summed E-state index contributed by atoms with van der Waals surface area (Å²) in [5.74, 6) is 1.06. The molecule has 3 aromatic heterocycles. The van der Waals surface area contributed by atoms with E-state index >= 15 is 0 Å². The van der Waals surface area contributed by atoms with Crippen LogP contribution in [0, 0.1) is 6.92 Å². The lowest BCUT2D eigenvalue weighted by Gasteiger charge is -2.09. The van der Waals surface area contributed by atoms with Gasteiger partial charge in [0.25, 0.3) is 0 Å². The summed E-state index contributed by atoms with van der Waals surface area (Å²) in [7, 11) is 0. The summed E-state index contributed by atoms with van der Waals surface area (Å²) < 4.78 is 7.17. The van der Waals surface area contributed by atoms with Crippen LogP contribution in [0.2, 0.25) is 0 Å². The average Bonchev–Trinajstić information content (AvgIpc) is 3.31. The van der Waals surface area contributed by atoms with Crippen LogP contribution in [0.3, 0.4) is 0 Å². The van der Waals surface area contributed by atoms with E-state index in [2.05, 4.69) is 29.2 Å². The number of anilines is 1. The van der Waals surface area contributed by atoms with Crippen molar-refractivity contribution < 1.29 is 9.21 Å². The van der Waals surface area contributed by atoms with Gasteiger partial charge in [0.2, 0.25) is 5.91 Å². The van der Waals surface area contributed by atoms with Gasteiger partial charge in [-0.3, -0.25) is 4.79 Å². The normalized spacial score (nSPS) is 11.3. The maximum atomic E-state index is 12.5. The molecule has 0 aliphatic heterocycles. The average molecular weight is 374 g/mol. The fourth-order valence-corrected chi connectivity index (χ4v) is 3.32. The molecule has 0 aliphatic rings. The molecule has 4 aromatic rings. The maximum Gasteiger partial charge on any atom is 0.246 e. The molecule has 1 aromatic carbocycles. The van der Waals surface area contributed by atoms with Gasteiger partial charge in [0.05, 0.1) is 17.3 Å². The quantitative estimate of drug-likeness (QED) is 0.546. The fourth-order valence-electron chi connectivity index (χ4n) is 3.32. The highest BCUT2D eigenvalue weighted by Crippen LogP contribution is 2.30. The third-order valence-corrected chi connectivity index (χ3v) is 4.75. The molecular weight excluding hydrogens is 352 g/mol. The second kappa shape index (κ2) is 7.31. The Morgan fingerprint density at radius 1 is 1.18 bits per heavy atom. The van der Waals surface area contributed by atoms with Crippen LogP contribution in [0.25, 0.3) is 22.4 Å². The maximum absolute atomic E-state index is 12.5. The number of aryl methyl sites for hydroxylation is 1. The minimum atomic E-state index is -0.146. The van der Waals surface area contributed by atoms with Crippen LogP contribution in [0.1, 0.15) is 31.0 Å². The Labute approximate surface area is 163 Å². The Kier molecular flexibility index (Phi) is 4.69. The third kappa shape index (κ3) is 3.41. The van der Waals surface area contributed by atoms with Gasteiger partial charge >= 0.3 is 0 Å². The van der Waals surface area contributed by atoms with Crippen molar-refractivity contribution in [1.29, 1.82) is 0 Å². The molecule has 0 aliphatic carbocycles. The Morgan fingerprint density at radius 2 is 1.96 bits per heavy atom. The van der Waals surface area contributed by atoms with Crippen molar-refractivity contribution in [1.82, 2.24) is 14.8 Å². The molecule has 0 atom stereocenters. The summed E-state index contributed by atoms with van der Waals surface area (Å²) >= 11 is 0. The van der Waals surface area contributed by atoms with Gasteiger partial charge in [0.15, 0.2) is 5.65 Å². The van der Waals surface area contributed by atoms with Crippen molar-refractivity contribution in [3.63, 3.8) is 0 Å². The zero-order valence-electron chi connectivity index (χ0n) is 16.1. The predicted molar refractivity (Wildman–Crippen MR) is 109 cm³/mol. The first-order valence-electron chi connectivity index (χ1n) is 9.28. The molecule has 0 saturated carbocycles. The molecule has 0 bridgehead atoms. The summed E-state index contributed by atoms with van der Waals surface area (Å²) in [4.78, 5) is 17.0. The second-order valence-electron chi connectivity index (χ2n) is 7.10. The first kappa shape index (κ1) is 18.0. The highest BCUT2D eigenvalue weighted by Gasteiger charge is 2.17. The minimum Gasteiger partial charge on any atom is -0.464 e. The number of carbonyl (C=O) groups excluding carboxylic acids is 1. The van der Waals surface area contributed by atoms with Crippen molar-refractivity contribution in [2.45, 2.75) is 33.2 Å².